The van der Waals surface area contributed by atoms with Crippen molar-refractivity contribution in [3.63, 3.8) is 0 Å². The molecule has 0 atom stereocenters. The van der Waals surface area contributed by atoms with E-state index in [1.54, 1.807) is 0 Å². The van der Waals surface area contributed by atoms with Gasteiger partial charge in [-0.3, -0.25) is 10.1 Å². The van der Waals surface area contributed by atoms with Crippen LogP contribution in [-0.2, 0) is 0 Å². The number of carbonyl (C=O) groups excluding carboxylic acids is 1. The number of fused-ring (bicyclic) bond motifs is 1. The number of hydrogen-bond donors (Lipinski definition) is 0. The fourth-order valence-corrected chi connectivity index (χ4v) is 3.14. The molecule has 138 valence electrons. The van der Waals surface area contributed by atoms with E-state index in [0.717, 1.165) is 21.9 Å². The fraction of sp³-hybridized carbons (Fsp3) is 0.227. The second-order valence-corrected chi connectivity index (χ2v) is 6.98. The highest BCUT2D eigenvalue weighted by Crippen LogP contribution is 2.33. The van der Waals surface area contributed by atoms with Gasteiger partial charge >= 0.3 is 5.97 Å². The minimum atomic E-state index is -0.537. The Kier molecular flexibility index (Phi) is 4.95. The molecule has 0 fully saturated rings. The Hall–Kier alpha value is -3.21. The van der Waals surface area contributed by atoms with Gasteiger partial charge in [0.2, 0.25) is 0 Å². The second kappa shape index (κ2) is 7.19. The highest BCUT2D eigenvalue weighted by Gasteiger charge is 2.15. The number of aryl methyl sites for hydroxylation is 2. The monoisotopic (exact) mass is 363 g/mol. The van der Waals surface area contributed by atoms with Crippen molar-refractivity contribution in [2.75, 3.05) is 0 Å². The van der Waals surface area contributed by atoms with Crippen LogP contribution in [0.3, 0.4) is 0 Å². The van der Waals surface area contributed by atoms with E-state index in [1.165, 1.54) is 29.8 Å². The highest BCUT2D eigenvalue weighted by molar-refractivity contribution is 5.94. The predicted octanol–water partition coefficient (Wildman–Crippen LogP) is 5.71. The summed E-state index contributed by atoms with van der Waals surface area (Å²) >= 11 is 0. The number of hydrogen-bond acceptors (Lipinski definition) is 4. The lowest BCUT2D eigenvalue weighted by Gasteiger charge is -2.15. The zero-order chi connectivity index (χ0) is 19.7. The molecule has 0 heterocycles. The quantitative estimate of drug-likeness (QED) is 0.258. The molecule has 0 radical (unpaired) electrons. The first-order valence-corrected chi connectivity index (χ1v) is 8.78. The van der Waals surface area contributed by atoms with Gasteiger partial charge < -0.3 is 4.74 Å². The second-order valence-electron chi connectivity index (χ2n) is 6.98. The molecule has 0 aliphatic rings. The third-order valence-electron chi connectivity index (χ3n) is 4.70. The zero-order valence-corrected chi connectivity index (χ0v) is 15.8. The maximum Gasteiger partial charge on any atom is 0.343 e. The summed E-state index contributed by atoms with van der Waals surface area (Å²) in [5.41, 5.74) is 3.44. The first kappa shape index (κ1) is 18.6. The largest absolute Gasteiger partial charge is 0.423 e. The molecule has 0 saturated heterocycles. The van der Waals surface area contributed by atoms with Crippen molar-refractivity contribution in [1.29, 1.82) is 0 Å². The molecular weight excluding hydrogens is 342 g/mol. The van der Waals surface area contributed by atoms with Crippen LogP contribution in [-0.4, -0.2) is 10.9 Å². The van der Waals surface area contributed by atoms with E-state index in [-0.39, 0.29) is 11.3 Å². The SMILES string of the molecule is Cc1cc2c(C(C)C)ccc(C)c2cc1OC(=O)c1ccc([N+](=O)[O-])cc1. The summed E-state index contributed by atoms with van der Waals surface area (Å²) in [4.78, 5) is 22.7. The molecule has 0 amide bonds. The smallest absolute Gasteiger partial charge is 0.343 e. The molecular formula is C22H21NO4. The zero-order valence-electron chi connectivity index (χ0n) is 15.8. The van der Waals surface area contributed by atoms with Gasteiger partial charge in [0.25, 0.3) is 5.69 Å². The number of nitro groups is 1. The first-order chi connectivity index (χ1) is 12.8. The van der Waals surface area contributed by atoms with Crippen molar-refractivity contribution >= 4 is 22.4 Å². The first-order valence-electron chi connectivity index (χ1n) is 8.78. The lowest BCUT2D eigenvalue weighted by molar-refractivity contribution is -0.384. The lowest BCUT2D eigenvalue weighted by Crippen LogP contribution is -2.09. The van der Waals surface area contributed by atoms with Gasteiger partial charge in [0.15, 0.2) is 0 Å². The number of rotatable bonds is 4. The number of non-ortho nitro benzene ring substituents is 1. The Morgan fingerprint density at radius 2 is 1.63 bits per heavy atom. The van der Waals surface area contributed by atoms with Crippen LogP contribution in [0.4, 0.5) is 5.69 Å². The molecule has 0 unspecified atom stereocenters. The van der Waals surface area contributed by atoms with Gasteiger partial charge in [0, 0.05) is 12.1 Å². The van der Waals surface area contributed by atoms with Crippen molar-refractivity contribution in [2.24, 2.45) is 0 Å². The Morgan fingerprint density at radius 3 is 2.22 bits per heavy atom. The summed E-state index contributed by atoms with van der Waals surface area (Å²) in [6, 6.07) is 13.6. The standard InChI is InChI=1S/C22H21NO4/c1-13(2)18-10-5-14(3)19-12-21(15(4)11-20(18)19)27-22(24)16-6-8-17(9-7-16)23(25)26/h5-13H,1-4H3. The van der Waals surface area contributed by atoms with E-state index in [0.29, 0.717) is 11.7 Å². The van der Waals surface area contributed by atoms with Gasteiger partial charge in [-0.2, -0.15) is 0 Å². The molecule has 0 bridgehead atoms. The van der Waals surface area contributed by atoms with Gasteiger partial charge in [0.05, 0.1) is 10.5 Å². The molecule has 0 aliphatic heterocycles. The van der Waals surface area contributed by atoms with Crippen LogP contribution < -0.4 is 4.74 Å². The molecule has 27 heavy (non-hydrogen) atoms. The van der Waals surface area contributed by atoms with Crippen LogP contribution in [0, 0.1) is 24.0 Å². The summed E-state index contributed by atoms with van der Waals surface area (Å²) in [6.07, 6.45) is 0. The number of nitrogens with zero attached hydrogens (tertiary/aromatic N) is 1. The van der Waals surface area contributed by atoms with Gasteiger partial charge in [-0.25, -0.2) is 4.79 Å². The number of ether oxygens (including phenoxy) is 1. The molecule has 3 aromatic carbocycles. The Balaban J connectivity index is 1.97. The minimum absolute atomic E-state index is 0.0646. The highest BCUT2D eigenvalue weighted by atomic mass is 16.6. The Morgan fingerprint density at radius 1 is 0.963 bits per heavy atom. The van der Waals surface area contributed by atoms with E-state index < -0.39 is 10.9 Å². The molecule has 5 heteroatoms. The predicted molar refractivity (Wildman–Crippen MR) is 106 cm³/mol. The van der Waals surface area contributed by atoms with E-state index >= 15 is 0 Å². The average Bonchev–Trinajstić information content (AvgIpc) is 2.63. The van der Waals surface area contributed by atoms with E-state index in [2.05, 4.69) is 32.0 Å². The van der Waals surface area contributed by atoms with Gasteiger partial charge in [-0.15, -0.1) is 0 Å². The molecule has 0 saturated carbocycles. The summed E-state index contributed by atoms with van der Waals surface area (Å²) in [7, 11) is 0. The van der Waals surface area contributed by atoms with Gasteiger partial charge in [-0.05, 0) is 71.5 Å². The lowest BCUT2D eigenvalue weighted by atomic mass is 9.92. The number of nitro benzene ring substituents is 1. The summed E-state index contributed by atoms with van der Waals surface area (Å²) in [5, 5.41) is 13.0. The number of carbonyl (C=O) groups is 1. The molecule has 3 aromatic rings. The Labute approximate surface area is 157 Å². The third-order valence-corrected chi connectivity index (χ3v) is 4.70. The van der Waals surface area contributed by atoms with Crippen LogP contribution in [0.25, 0.3) is 10.8 Å². The topological polar surface area (TPSA) is 69.4 Å². The van der Waals surface area contributed by atoms with Crippen LogP contribution in [0.2, 0.25) is 0 Å². The fourth-order valence-electron chi connectivity index (χ4n) is 3.14. The van der Waals surface area contributed by atoms with Gasteiger partial charge in [0.1, 0.15) is 5.75 Å². The molecule has 0 aliphatic carbocycles. The van der Waals surface area contributed by atoms with Crippen LogP contribution in [0.15, 0.2) is 48.5 Å². The van der Waals surface area contributed by atoms with Crippen LogP contribution in [0.1, 0.15) is 46.8 Å². The molecule has 0 aromatic heterocycles. The van der Waals surface area contributed by atoms with Crippen LogP contribution in [0.5, 0.6) is 5.75 Å². The number of esters is 1. The Bertz CT molecular complexity index is 1040. The molecule has 0 spiro atoms. The maximum atomic E-state index is 12.5. The summed E-state index contributed by atoms with van der Waals surface area (Å²) in [5.74, 6) is 0.348. The van der Waals surface area contributed by atoms with E-state index in [1.807, 2.05) is 19.9 Å². The van der Waals surface area contributed by atoms with E-state index in [9.17, 15) is 14.9 Å². The average molecular weight is 363 g/mol. The van der Waals surface area contributed by atoms with Crippen molar-refractivity contribution in [3.8, 4) is 5.75 Å². The molecule has 5 nitrogen and oxygen atoms in total. The normalized spacial score (nSPS) is 11.0. The third kappa shape index (κ3) is 3.67. The van der Waals surface area contributed by atoms with Crippen molar-refractivity contribution in [3.05, 3.63) is 80.9 Å². The maximum absolute atomic E-state index is 12.5. The summed E-state index contributed by atoms with van der Waals surface area (Å²) in [6.45, 7) is 8.25. The molecule has 3 rings (SSSR count). The van der Waals surface area contributed by atoms with Crippen LogP contribution >= 0.6 is 0 Å². The van der Waals surface area contributed by atoms with E-state index in [4.69, 9.17) is 4.74 Å². The van der Waals surface area contributed by atoms with Gasteiger partial charge in [-0.1, -0.05) is 26.0 Å². The van der Waals surface area contributed by atoms with Crippen molar-refractivity contribution in [1.82, 2.24) is 0 Å². The molecule has 0 N–H and O–H groups in total. The van der Waals surface area contributed by atoms with Crippen molar-refractivity contribution < 1.29 is 14.5 Å². The van der Waals surface area contributed by atoms with Crippen molar-refractivity contribution in [2.45, 2.75) is 33.6 Å². The number of benzene rings is 3. The summed E-state index contributed by atoms with van der Waals surface area (Å²) < 4.78 is 5.59. The minimum Gasteiger partial charge on any atom is -0.423 e.